The minimum absolute atomic E-state index is 0.0320. The van der Waals surface area contributed by atoms with Crippen molar-refractivity contribution >= 4 is 22.8 Å². The first-order chi connectivity index (χ1) is 10.0. The summed E-state index contributed by atoms with van der Waals surface area (Å²) in [4.78, 5) is 28.8. The first-order valence-electron chi connectivity index (χ1n) is 7.10. The number of carbonyl (C=O) groups is 2. The molecule has 21 heavy (non-hydrogen) atoms. The fourth-order valence-corrected chi connectivity index (χ4v) is 2.85. The van der Waals surface area contributed by atoms with Gasteiger partial charge in [0.1, 0.15) is 0 Å². The van der Waals surface area contributed by atoms with Crippen molar-refractivity contribution in [3.8, 4) is 0 Å². The van der Waals surface area contributed by atoms with Crippen LogP contribution in [-0.4, -0.2) is 40.0 Å². The molecule has 0 radical (unpaired) electrons. The Morgan fingerprint density at radius 1 is 1.24 bits per heavy atom. The van der Waals surface area contributed by atoms with Crippen LogP contribution < -0.4 is 0 Å². The lowest BCUT2D eigenvalue weighted by atomic mass is 9.80. The van der Waals surface area contributed by atoms with Crippen LogP contribution in [0.3, 0.4) is 0 Å². The maximum Gasteiger partial charge on any atom is 0.309 e. The number of carboxylic acids is 1. The monoisotopic (exact) mass is 286 g/mol. The second kappa shape index (κ2) is 4.91. The molecule has 1 aromatic heterocycles. The van der Waals surface area contributed by atoms with E-state index in [4.69, 9.17) is 0 Å². The molecule has 2 heterocycles. The van der Waals surface area contributed by atoms with Gasteiger partial charge in [-0.1, -0.05) is 12.1 Å². The van der Waals surface area contributed by atoms with Gasteiger partial charge in [0, 0.05) is 24.7 Å². The van der Waals surface area contributed by atoms with Gasteiger partial charge < -0.3 is 15.0 Å². The Morgan fingerprint density at radius 2 is 1.95 bits per heavy atom. The Balaban J connectivity index is 1.81. The van der Waals surface area contributed by atoms with E-state index in [0.717, 1.165) is 10.9 Å². The Kier molecular flexibility index (Phi) is 3.20. The molecule has 0 saturated carbocycles. The number of carbonyl (C=O) groups excluding carboxylic acids is 1. The zero-order chi connectivity index (χ0) is 15.0. The zero-order valence-corrected chi connectivity index (χ0v) is 11.9. The molecule has 5 heteroatoms. The molecule has 0 unspecified atom stereocenters. The normalized spacial score (nSPS) is 17.9. The van der Waals surface area contributed by atoms with E-state index in [-0.39, 0.29) is 5.91 Å². The third-order valence-electron chi connectivity index (χ3n) is 4.49. The summed E-state index contributed by atoms with van der Waals surface area (Å²) in [6.07, 6.45) is 2.81. The van der Waals surface area contributed by atoms with Gasteiger partial charge in [-0.05, 0) is 31.9 Å². The van der Waals surface area contributed by atoms with Gasteiger partial charge in [-0.25, -0.2) is 0 Å². The van der Waals surface area contributed by atoms with Gasteiger partial charge in [-0.2, -0.15) is 0 Å². The van der Waals surface area contributed by atoms with Crippen LogP contribution in [0.2, 0.25) is 0 Å². The third kappa shape index (κ3) is 2.28. The highest BCUT2D eigenvalue weighted by Crippen LogP contribution is 2.32. The Labute approximate surface area is 122 Å². The molecule has 1 aromatic carbocycles. The summed E-state index contributed by atoms with van der Waals surface area (Å²) < 4.78 is 0. The fraction of sp³-hybridized carbons (Fsp3) is 0.375. The highest BCUT2D eigenvalue weighted by molar-refractivity contribution is 6.05. The lowest BCUT2D eigenvalue weighted by molar-refractivity contribution is -0.150. The number of hydrogen-bond acceptors (Lipinski definition) is 2. The van der Waals surface area contributed by atoms with Crippen LogP contribution in [0.4, 0.5) is 0 Å². The molecule has 0 bridgehead atoms. The van der Waals surface area contributed by atoms with E-state index in [9.17, 15) is 14.7 Å². The molecular formula is C16H18N2O3. The third-order valence-corrected chi connectivity index (χ3v) is 4.49. The Morgan fingerprint density at radius 3 is 2.62 bits per heavy atom. The smallest absolute Gasteiger partial charge is 0.309 e. The zero-order valence-electron chi connectivity index (χ0n) is 11.9. The second-order valence-corrected chi connectivity index (χ2v) is 5.91. The lowest BCUT2D eigenvalue weighted by Gasteiger charge is -2.36. The van der Waals surface area contributed by atoms with Gasteiger partial charge in [0.25, 0.3) is 5.91 Å². The summed E-state index contributed by atoms with van der Waals surface area (Å²) in [5.41, 5.74) is 0.778. The first-order valence-corrected chi connectivity index (χ1v) is 7.10. The number of carboxylic acid groups (broad SMARTS) is 1. The number of aromatic amines is 1. The summed E-state index contributed by atoms with van der Waals surface area (Å²) in [5, 5.41) is 10.3. The SMILES string of the molecule is CC1(C(=O)O)CCN(C(=O)c2cccc3cc[nH]c23)CC1. The van der Waals surface area contributed by atoms with Crippen molar-refractivity contribution in [3.63, 3.8) is 0 Å². The molecule has 1 amide bonds. The number of rotatable bonds is 2. The molecule has 3 rings (SSSR count). The van der Waals surface area contributed by atoms with E-state index in [1.165, 1.54) is 0 Å². The Hall–Kier alpha value is -2.30. The molecule has 0 aliphatic carbocycles. The topological polar surface area (TPSA) is 73.4 Å². The largest absolute Gasteiger partial charge is 0.481 e. The van der Waals surface area contributed by atoms with Crippen molar-refractivity contribution in [1.82, 2.24) is 9.88 Å². The molecule has 5 nitrogen and oxygen atoms in total. The molecule has 1 saturated heterocycles. The number of amides is 1. The van der Waals surface area contributed by atoms with Gasteiger partial charge in [-0.3, -0.25) is 9.59 Å². The highest BCUT2D eigenvalue weighted by atomic mass is 16.4. The summed E-state index contributed by atoms with van der Waals surface area (Å²) in [5.74, 6) is -0.809. The number of nitrogens with one attached hydrogen (secondary N) is 1. The van der Waals surface area contributed by atoms with Crippen molar-refractivity contribution in [3.05, 3.63) is 36.0 Å². The number of benzene rings is 1. The van der Waals surface area contributed by atoms with Gasteiger partial charge in [0.05, 0.1) is 16.5 Å². The lowest BCUT2D eigenvalue weighted by Crippen LogP contribution is -2.45. The number of aromatic nitrogens is 1. The van der Waals surface area contributed by atoms with Crippen LogP contribution in [0, 0.1) is 5.41 Å². The van der Waals surface area contributed by atoms with Crippen molar-refractivity contribution in [2.24, 2.45) is 5.41 Å². The summed E-state index contributed by atoms with van der Waals surface area (Å²) in [6, 6.07) is 7.57. The molecule has 1 fully saturated rings. The van der Waals surface area contributed by atoms with Gasteiger partial charge in [0.2, 0.25) is 0 Å². The molecule has 1 aliphatic rings. The predicted molar refractivity (Wildman–Crippen MR) is 79.2 cm³/mol. The number of nitrogens with zero attached hydrogens (tertiary/aromatic N) is 1. The van der Waals surface area contributed by atoms with Gasteiger partial charge >= 0.3 is 5.97 Å². The fourth-order valence-electron chi connectivity index (χ4n) is 2.85. The Bertz CT molecular complexity index is 696. The molecule has 1 aliphatic heterocycles. The first kappa shape index (κ1) is 13.7. The summed E-state index contributed by atoms with van der Waals surface area (Å²) in [6.45, 7) is 2.72. The predicted octanol–water partition coefficient (Wildman–Crippen LogP) is 2.49. The molecular weight excluding hydrogens is 268 g/mol. The number of H-pyrrole nitrogens is 1. The minimum atomic E-state index is -0.777. The van der Waals surface area contributed by atoms with E-state index >= 15 is 0 Å². The number of aliphatic carboxylic acids is 1. The van der Waals surface area contributed by atoms with E-state index in [2.05, 4.69) is 4.98 Å². The standard InChI is InChI=1S/C16H18N2O3/c1-16(15(20)21)6-9-18(10-7-16)14(19)12-4-2-3-11-5-8-17-13(11)12/h2-5,8,17H,6-7,9-10H2,1H3,(H,20,21). The summed E-state index contributed by atoms with van der Waals surface area (Å²) in [7, 11) is 0. The van der Waals surface area contributed by atoms with Crippen molar-refractivity contribution in [2.75, 3.05) is 13.1 Å². The molecule has 0 atom stereocenters. The van der Waals surface area contributed by atoms with E-state index in [1.807, 2.05) is 30.5 Å². The van der Waals surface area contributed by atoms with E-state index in [0.29, 0.717) is 31.5 Å². The van der Waals surface area contributed by atoms with Crippen molar-refractivity contribution in [1.29, 1.82) is 0 Å². The average molecular weight is 286 g/mol. The number of likely N-dealkylation sites (tertiary alicyclic amines) is 1. The quantitative estimate of drug-likeness (QED) is 0.890. The van der Waals surface area contributed by atoms with Gasteiger partial charge in [0.15, 0.2) is 0 Å². The highest BCUT2D eigenvalue weighted by Gasteiger charge is 2.38. The molecule has 0 spiro atoms. The van der Waals surface area contributed by atoms with Crippen LogP contribution in [0.1, 0.15) is 30.1 Å². The maximum atomic E-state index is 12.7. The number of fused-ring (bicyclic) bond motifs is 1. The van der Waals surface area contributed by atoms with Crippen molar-refractivity contribution in [2.45, 2.75) is 19.8 Å². The number of para-hydroxylation sites is 1. The van der Waals surface area contributed by atoms with Crippen molar-refractivity contribution < 1.29 is 14.7 Å². The van der Waals surface area contributed by atoms with Crippen LogP contribution in [-0.2, 0) is 4.79 Å². The molecule has 2 N–H and O–H groups in total. The van der Waals surface area contributed by atoms with E-state index < -0.39 is 11.4 Å². The average Bonchev–Trinajstić information content (AvgIpc) is 2.95. The van der Waals surface area contributed by atoms with E-state index in [1.54, 1.807) is 11.8 Å². The van der Waals surface area contributed by atoms with Crippen LogP contribution in [0.25, 0.3) is 10.9 Å². The van der Waals surface area contributed by atoms with Gasteiger partial charge in [-0.15, -0.1) is 0 Å². The van der Waals surface area contributed by atoms with Crippen LogP contribution >= 0.6 is 0 Å². The minimum Gasteiger partial charge on any atom is -0.481 e. The number of piperidine rings is 1. The van der Waals surface area contributed by atoms with Crippen LogP contribution in [0.15, 0.2) is 30.5 Å². The second-order valence-electron chi connectivity index (χ2n) is 5.91. The maximum absolute atomic E-state index is 12.7. The molecule has 110 valence electrons. The number of hydrogen-bond donors (Lipinski definition) is 2. The summed E-state index contributed by atoms with van der Waals surface area (Å²) >= 11 is 0. The van der Waals surface area contributed by atoms with Crippen LogP contribution in [0.5, 0.6) is 0 Å². The molecule has 2 aromatic rings.